The second-order valence-corrected chi connectivity index (χ2v) is 6.73. The SMILES string of the molecule is CCCC[C@@H](NC(=O)COc1ccc2c3c(c(=O)oc2c1)CCC3)C(=O)[O-]. The molecule has 1 aromatic heterocycles. The number of carboxylic acid groups (broad SMARTS) is 1. The quantitative estimate of drug-likeness (QED) is 0.695. The molecule has 3 rings (SSSR count). The molecule has 0 aliphatic heterocycles. The van der Waals surface area contributed by atoms with Crippen LogP contribution in [0.15, 0.2) is 27.4 Å². The highest BCUT2D eigenvalue weighted by Crippen LogP contribution is 2.29. The maximum absolute atomic E-state index is 12.0. The van der Waals surface area contributed by atoms with E-state index < -0.39 is 17.9 Å². The Labute approximate surface area is 156 Å². The minimum Gasteiger partial charge on any atom is -0.548 e. The van der Waals surface area contributed by atoms with E-state index in [1.54, 1.807) is 12.1 Å². The fraction of sp³-hybridized carbons (Fsp3) is 0.450. The van der Waals surface area contributed by atoms with Crippen LogP contribution in [0.5, 0.6) is 5.75 Å². The number of aliphatic carboxylic acids is 1. The molecule has 0 bridgehead atoms. The number of nitrogens with one attached hydrogen (secondary N) is 1. The number of carbonyl (C=O) groups excluding carboxylic acids is 2. The van der Waals surface area contributed by atoms with Crippen molar-refractivity contribution in [1.29, 1.82) is 0 Å². The van der Waals surface area contributed by atoms with Gasteiger partial charge in [0.25, 0.3) is 5.91 Å². The van der Waals surface area contributed by atoms with Crippen molar-refractivity contribution < 1.29 is 23.8 Å². The third kappa shape index (κ3) is 4.30. The van der Waals surface area contributed by atoms with Crippen LogP contribution in [-0.2, 0) is 22.4 Å². The largest absolute Gasteiger partial charge is 0.548 e. The van der Waals surface area contributed by atoms with Crippen molar-refractivity contribution in [3.05, 3.63) is 39.7 Å². The number of carboxylic acids is 1. The van der Waals surface area contributed by atoms with Crippen LogP contribution < -0.4 is 20.8 Å². The van der Waals surface area contributed by atoms with Crippen molar-refractivity contribution in [1.82, 2.24) is 5.32 Å². The number of rotatable bonds is 8. The van der Waals surface area contributed by atoms with Gasteiger partial charge in [-0.3, -0.25) is 4.79 Å². The lowest BCUT2D eigenvalue weighted by atomic mass is 10.1. The normalized spacial score (nSPS) is 14.0. The maximum Gasteiger partial charge on any atom is 0.339 e. The summed E-state index contributed by atoms with van der Waals surface area (Å²) in [6.07, 6.45) is 4.34. The zero-order valence-electron chi connectivity index (χ0n) is 15.2. The summed E-state index contributed by atoms with van der Waals surface area (Å²) in [7, 11) is 0. The van der Waals surface area contributed by atoms with Gasteiger partial charge >= 0.3 is 5.63 Å². The summed E-state index contributed by atoms with van der Waals surface area (Å²) < 4.78 is 10.8. The molecule has 0 radical (unpaired) electrons. The first-order valence-electron chi connectivity index (χ1n) is 9.21. The molecule has 144 valence electrons. The number of hydrogen-bond acceptors (Lipinski definition) is 6. The Bertz CT molecular complexity index is 917. The van der Waals surface area contributed by atoms with Gasteiger partial charge in [0, 0.05) is 17.0 Å². The van der Waals surface area contributed by atoms with Crippen molar-refractivity contribution in [2.24, 2.45) is 0 Å². The number of carbonyl (C=O) groups is 2. The molecular formula is C20H22NO6-. The molecule has 27 heavy (non-hydrogen) atoms. The van der Waals surface area contributed by atoms with Crippen LogP contribution in [0, 0.1) is 0 Å². The van der Waals surface area contributed by atoms with Gasteiger partial charge in [0.05, 0.1) is 12.0 Å². The van der Waals surface area contributed by atoms with Gasteiger partial charge in [0.15, 0.2) is 6.61 Å². The van der Waals surface area contributed by atoms with E-state index in [2.05, 4.69) is 5.32 Å². The molecular weight excluding hydrogens is 350 g/mol. The van der Waals surface area contributed by atoms with Gasteiger partial charge in [-0.05, 0) is 43.4 Å². The smallest absolute Gasteiger partial charge is 0.339 e. The van der Waals surface area contributed by atoms with E-state index in [4.69, 9.17) is 9.15 Å². The topological polar surface area (TPSA) is 109 Å². The van der Waals surface area contributed by atoms with Crippen LogP contribution in [-0.4, -0.2) is 24.5 Å². The molecule has 1 amide bonds. The van der Waals surface area contributed by atoms with Gasteiger partial charge < -0.3 is 24.4 Å². The zero-order chi connectivity index (χ0) is 19.4. The molecule has 0 saturated heterocycles. The van der Waals surface area contributed by atoms with E-state index in [1.165, 1.54) is 0 Å². The molecule has 1 aliphatic rings. The Balaban J connectivity index is 1.66. The molecule has 7 nitrogen and oxygen atoms in total. The number of unbranched alkanes of at least 4 members (excludes halogenated alkanes) is 1. The molecule has 1 heterocycles. The zero-order valence-corrected chi connectivity index (χ0v) is 15.2. The summed E-state index contributed by atoms with van der Waals surface area (Å²) in [5.41, 5.74) is 1.88. The third-order valence-corrected chi connectivity index (χ3v) is 4.78. The molecule has 0 unspecified atom stereocenters. The van der Waals surface area contributed by atoms with E-state index in [1.807, 2.05) is 13.0 Å². The number of hydrogen-bond donors (Lipinski definition) is 1. The summed E-state index contributed by atoms with van der Waals surface area (Å²) >= 11 is 0. The van der Waals surface area contributed by atoms with Crippen molar-refractivity contribution in [3.8, 4) is 5.75 Å². The summed E-state index contributed by atoms with van der Waals surface area (Å²) in [5.74, 6) is -1.48. The highest BCUT2D eigenvalue weighted by atomic mass is 16.5. The van der Waals surface area contributed by atoms with Crippen molar-refractivity contribution in [3.63, 3.8) is 0 Å². The van der Waals surface area contributed by atoms with Gasteiger partial charge in [-0.1, -0.05) is 19.8 Å². The third-order valence-electron chi connectivity index (χ3n) is 4.78. The van der Waals surface area contributed by atoms with Crippen LogP contribution >= 0.6 is 0 Å². The number of ether oxygens (including phenoxy) is 1. The van der Waals surface area contributed by atoms with Gasteiger partial charge in [-0.25, -0.2) is 4.79 Å². The van der Waals surface area contributed by atoms with E-state index >= 15 is 0 Å². The molecule has 0 fully saturated rings. The first-order chi connectivity index (χ1) is 13.0. The first kappa shape index (κ1) is 18.9. The van der Waals surface area contributed by atoms with Crippen molar-refractivity contribution in [2.45, 2.75) is 51.5 Å². The molecule has 0 spiro atoms. The van der Waals surface area contributed by atoms with E-state index in [0.29, 0.717) is 24.2 Å². The molecule has 7 heteroatoms. The van der Waals surface area contributed by atoms with Gasteiger partial charge in [0.1, 0.15) is 11.3 Å². The molecule has 1 atom stereocenters. The fourth-order valence-corrected chi connectivity index (χ4v) is 3.40. The average molecular weight is 372 g/mol. The van der Waals surface area contributed by atoms with Crippen LogP contribution in [0.3, 0.4) is 0 Å². The first-order valence-corrected chi connectivity index (χ1v) is 9.21. The Kier molecular flexibility index (Phi) is 5.78. The highest BCUT2D eigenvalue weighted by Gasteiger charge is 2.20. The Hall–Kier alpha value is -2.83. The lowest BCUT2D eigenvalue weighted by Gasteiger charge is -2.19. The van der Waals surface area contributed by atoms with E-state index in [9.17, 15) is 19.5 Å². The molecule has 1 aliphatic carbocycles. The minimum atomic E-state index is -1.31. The maximum atomic E-state index is 12.0. The van der Waals surface area contributed by atoms with Gasteiger partial charge in [-0.2, -0.15) is 0 Å². The van der Waals surface area contributed by atoms with Crippen LogP contribution in [0.1, 0.15) is 43.7 Å². The van der Waals surface area contributed by atoms with Crippen LogP contribution in [0.2, 0.25) is 0 Å². The monoisotopic (exact) mass is 372 g/mol. The number of fused-ring (bicyclic) bond motifs is 3. The van der Waals surface area contributed by atoms with E-state index in [-0.39, 0.29) is 12.2 Å². The molecule has 0 saturated carbocycles. The molecule has 1 aromatic carbocycles. The second kappa shape index (κ2) is 8.24. The minimum absolute atomic E-state index is 0.316. The standard InChI is InChI=1S/C20H23NO6/c1-2-3-7-16(19(23)24)21-18(22)11-26-12-8-9-14-13-5-4-6-15(13)20(25)27-17(14)10-12/h8-10,16H,2-7,11H2,1H3,(H,21,22)(H,23,24)/p-1/t16-/m1/s1. The number of benzene rings is 1. The predicted octanol–water partition coefficient (Wildman–Crippen LogP) is 1.09. The Morgan fingerprint density at radius 3 is 2.81 bits per heavy atom. The van der Waals surface area contributed by atoms with Gasteiger partial charge in [-0.15, -0.1) is 0 Å². The number of amides is 1. The molecule has 1 N–H and O–H groups in total. The van der Waals surface area contributed by atoms with E-state index in [0.717, 1.165) is 42.2 Å². The Morgan fingerprint density at radius 2 is 2.07 bits per heavy atom. The molecule has 2 aromatic rings. The fourth-order valence-electron chi connectivity index (χ4n) is 3.40. The summed E-state index contributed by atoms with van der Waals surface area (Å²) in [6, 6.07) is 4.08. The lowest BCUT2D eigenvalue weighted by molar-refractivity contribution is -0.308. The predicted molar refractivity (Wildman–Crippen MR) is 96.5 cm³/mol. The summed E-state index contributed by atoms with van der Waals surface area (Å²) in [4.78, 5) is 35.1. The lowest BCUT2D eigenvalue weighted by Crippen LogP contribution is -2.49. The number of aryl methyl sites for hydroxylation is 1. The highest BCUT2D eigenvalue weighted by molar-refractivity contribution is 5.84. The van der Waals surface area contributed by atoms with Crippen LogP contribution in [0.4, 0.5) is 0 Å². The van der Waals surface area contributed by atoms with Crippen LogP contribution in [0.25, 0.3) is 11.0 Å². The summed E-state index contributed by atoms with van der Waals surface area (Å²) in [6.45, 7) is 1.60. The van der Waals surface area contributed by atoms with Crippen molar-refractivity contribution >= 4 is 22.8 Å². The second-order valence-electron chi connectivity index (χ2n) is 6.73. The van der Waals surface area contributed by atoms with Gasteiger partial charge in [0.2, 0.25) is 0 Å². The Morgan fingerprint density at radius 1 is 1.30 bits per heavy atom. The average Bonchev–Trinajstić information content (AvgIpc) is 3.13. The van der Waals surface area contributed by atoms with Crippen molar-refractivity contribution in [2.75, 3.05) is 6.61 Å². The summed E-state index contributed by atoms with van der Waals surface area (Å²) in [5, 5.41) is 14.4.